The minimum Gasteiger partial charge on any atom is -0.306 e. The first-order valence-corrected chi connectivity index (χ1v) is 18.6. The van der Waals surface area contributed by atoms with Crippen molar-refractivity contribution >= 4 is 91.8 Å². The second-order valence-corrected chi connectivity index (χ2v) is 14.6. The third-order valence-electron chi connectivity index (χ3n) is 10.7. The van der Waals surface area contributed by atoms with Crippen molar-refractivity contribution in [1.29, 1.82) is 0 Å². The minimum absolute atomic E-state index is 0.706. The van der Waals surface area contributed by atoms with E-state index in [9.17, 15) is 0 Å². The third kappa shape index (κ3) is 4.04. The fourth-order valence-corrected chi connectivity index (χ4v) is 9.55. The standard InChI is InChI=1S/C47H27N5S/c1-2-14-29(15-3-1)43-42-41-32-18-5-4-13-28(32)25-26-39(41)53-47(42)50-45(49-43)30-16-12-17-31(27-30)51-36-22-9-6-19-33(36)40-34-20-7-10-23-37(34)52-38-24-11-8-21-35(38)48-46(52)44(40)51/h1-27H. The summed E-state index contributed by atoms with van der Waals surface area (Å²) < 4.78 is 5.91. The number of nitrogens with zero attached hydrogens (tertiary/aromatic N) is 5. The number of hydrogen-bond acceptors (Lipinski definition) is 4. The zero-order valence-electron chi connectivity index (χ0n) is 28.2. The van der Waals surface area contributed by atoms with E-state index in [0.717, 1.165) is 66.0 Å². The van der Waals surface area contributed by atoms with Crippen LogP contribution >= 0.6 is 11.3 Å². The summed E-state index contributed by atoms with van der Waals surface area (Å²) in [5.41, 5.74) is 10.4. The summed E-state index contributed by atoms with van der Waals surface area (Å²) in [7, 11) is 0. The summed E-state index contributed by atoms with van der Waals surface area (Å²) in [5.74, 6) is 0.706. The maximum Gasteiger partial charge on any atom is 0.163 e. The number of benzene rings is 7. The Bertz CT molecular complexity index is 3460. The lowest BCUT2D eigenvalue weighted by atomic mass is 10.0. The molecule has 12 rings (SSSR count). The second-order valence-electron chi connectivity index (χ2n) is 13.6. The molecule has 6 heteroatoms. The SMILES string of the molecule is c1ccc(-c2nc(-c3cccc(-n4c5ccccc5c5c6ccccc6n6c7ccccc7nc6c54)c3)nc3sc4ccc5ccccc5c4c23)cc1. The molecular weight excluding hydrogens is 667 g/mol. The van der Waals surface area contributed by atoms with E-state index in [1.807, 2.05) is 0 Å². The summed E-state index contributed by atoms with van der Waals surface area (Å²) in [4.78, 5) is 17.0. The van der Waals surface area contributed by atoms with Gasteiger partial charge in [0.2, 0.25) is 0 Å². The fourth-order valence-electron chi connectivity index (χ4n) is 8.46. The molecule has 0 fully saturated rings. The van der Waals surface area contributed by atoms with Crippen LogP contribution in [0.5, 0.6) is 0 Å². The quantitative estimate of drug-likeness (QED) is 0.185. The molecule has 0 aliphatic carbocycles. The normalized spacial score (nSPS) is 12.2. The predicted molar refractivity (Wildman–Crippen MR) is 221 cm³/mol. The van der Waals surface area contributed by atoms with Crippen molar-refractivity contribution in [2.75, 3.05) is 0 Å². The molecule has 5 aromatic heterocycles. The molecule has 0 radical (unpaired) electrons. The van der Waals surface area contributed by atoms with Crippen LogP contribution in [-0.2, 0) is 0 Å². The summed E-state index contributed by atoms with van der Waals surface area (Å²) in [6.07, 6.45) is 0. The number of imidazole rings is 1. The molecule has 0 saturated carbocycles. The monoisotopic (exact) mass is 693 g/mol. The van der Waals surface area contributed by atoms with Gasteiger partial charge < -0.3 is 4.57 Å². The van der Waals surface area contributed by atoms with Gasteiger partial charge in [-0.25, -0.2) is 15.0 Å². The van der Waals surface area contributed by atoms with E-state index in [0.29, 0.717) is 5.82 Å². The number of para-hydroxylation sites is 4. The summed E-state index contributed by atoms with van der Waals surface area (Å²) >= 11 is 1.74. The maximum atomic E-state index is 5.41. The van der Waals surface area contributed by atoms with Gasteiger partial charge in [-0.15, -0.1) is 11.3 Å². The number of hydrogen-bond donors (Lipinski definition) is 0. The van der Waals surface area contributed by atoms with Crippen LogP contribution in [0.2, 0.25) is 0 Å². The Morgan fingerprint density at radius 2 is 1.17 bits per heavy atom. The maximum absolute atomic E-state index is 5.41. The Morgan fingerprint density at radius 1 is 0.472 bits per heavy atom. The zero-order chi connectivity index (χ0) is 34.6. The van der Waals surface area contributed by atoms with Gasteiger partial charge in [-0.05, 0) is 53.2 Å². The average molecular weight is 694 g/mol. The zero-order valence-corrected chi connectivity index (χ0v) is 29.0. The number of pyridine rings is 1. The molecule has 0 spiro atoms. The molecule has 0 atom stereocenters. The highest BCUT2D eigenvalue weighted by atomic mass is 32.1. The molecule has 12 aromatic rings. The van der Waals surface area contributed by atoms with Crippen LogP contribution in [0.15, 0.2) is 164 Å². The molecule has 53 heavy (non-hydrogen) atoms. The first kappa shape index (κ1) is 28.8. The van der Waals surface area contributed by atoms with Crippen LogP contribution in [0.25, 0.3) is 109 Å². The highest BCUT2D eigenvalue weighted by Crippen LogP contribution is 2.44. The molecule has 0 aliphatic rings. The topological polar surface area (TPSA) is 48.0 Å². The van der Waals surface area contributed by atoms with Crippen molar-refractivity contribution in [3.05, 3.63) is 164 Å². The summed E-state index contributed by atoms with van der Waals surface area (Å²) in [5, 5.41) is 8.36. The average Bonchev–Trinajstić information content (AvgIpc) is 3.91. The smallest absolute Gasteiger partial charge is 0.163 e. The van der Waals surface area contributed by atoms with Gasteiger partial charge in [-0.3, -0.25) is 4.40 Å². The second kappa shape index (κ2) is 10.8. The predicted octanol–water partition coefficient (Wildman–Crippen LogP) is 12.4. The lowest BCUT2D eigenvalue weighted by molar-refractivity contribution is 1.16. The Hall–Kier alpha value is -6.89. The van der Waals surface area contributed by atoms with Crippen LogP contribution < -0.4 is 0 Å². The lowest BCUT2D eigenvalue weighted by Crippen LogP contribution is -1.99. The number of aromatic nitrogens is 5. The summed E-state index contributed by atoms with van der Waals surface area (Å²) in [6.45, 7) is 0. The van der Waals surface area contributed by atoms with Gasteiger partial charge in [0.25, 0.3) is 0 Å². The molecule has 0 unspecified atom stereocenters. The molecule has 5 nitrogen and oxygen atoms in total. The van der Waals surface area contributed by atoms with Crippen molar-refractivity contribution in [3.63, 3.8) is 0 Å². The van der Waals surface area contributed by atoms with Gasteiger partial charge in [-0.2, -0.15) is 0 Å². The third-order valence-corrected chi connectivity index (χ3v) is 11.7. The Kier molecular flexibility index (Phi) is 5.87. The van der Waals surface area contributed by atoms with Crippen molar-refractivity contribution in [2.45, 2.75) is 0 Å². The Labute approximate surface area is 306 Å². The van der Waals surface area contributed by atoms with Crippen molar-refractivity contribution < 1.29 is 0 Å². The van der Waals surface area contributed by atoms with Gasteiger partial charge >= 0.3 is 0 Å². The first-order chi connectivity index (χ1) is 26.3. The number of fused-ring (bicyclic) bond motifs is 15. The molecule has 0 aliphatic heterocycles. The van der Waals surface area contributed by atoms with E-state index < -0.39 is 0 Å². The van der Waals surface area contributed by atoms with Crippen LogP contribution in [0.4, 0.5) is 0 Å². The molecular formula is C47H27N5S. The Morgan fingerprint density at radius 3 is 2.04 bits per heavy atom. The van der Waals surface area contributed by atoms with Crippen LogP contribution in [0.1, 0.15) is 0 Å². The van der Waals surface area contributed by atoms with E-state index in [1.54, 1.807) is 11.3 Å². The van der Waals surface area contributed by atoms with E-state index in [2.05, 4.69) is 173 Å². The van der Waals surface area contributed by atoms with Crippen LogP contribution in [0, 0.1) is 0 Å². The molecule has 7 aromatic carbocycles. The molecule has 0 amide bonds. The summed E-state index contributed by atoms with van der Waals surface area (Å²) in [6, 6.07) is 58.1. The number of thiophene rings is 1. The molecule has 246 valence electrons. The Balaban J connectivity index is 1.16. The van der Waals surface area contributed by atoms with Crippen molar-refractivity contribution in [3.8, 4) is 28.3 Å². The van der Waals surface area contributed by atoms with Crippen molar-refractivity contribution in [1.82, 2.24) is 23.9 Å². The van der Waals surface area contributed by atoms with E-state index in [1.165, 1.54) is 37.0 Å². The molecule has 0 bridgehead atoms. The van der Waals surface area contributed by atoms with Gasteiger partial charge in [0.05, 0.1) is 33.3 Å². The first-order valence-electron chi connectivity index (χ1n) is 17.8. The highest BCUT2D eigenvalue weighted by Gasteiger charge is 2.23. The van der Waals surface area contributed by atoms with Gasteiger partial charge in [0, 0.05) is 48.4 Å². The molecule has 0 N–H and O–H groups in total. The largest absolute Gasteiger partial charge is 0.306 e. The van der Waals surface area contributed by atoms with E-state index in [-0.39, 0.29) is 0 Å². The van der Waals surface area contributed by atoms with Crippen LogP contribution in [0.3, 0.4) is 0 Å². The fraction of sp³-hybridized carbons (Fsp3) is 0. The van der Waals surface area contributed by atoms with E-state index >= 15 is 0 Å². The number of rotatable bonds is 3. The van der Waals surface area contributed by atoms with Gasteiger partial charge in [0.15, 0.2) is 11.5 Å². The van der Waals surface area contributed by atoms with E-state index in [4.69, 9.17) is 15.0 Å². The minimum atomic E-state index is 0.706. The van der Waals surface area contributed by atoms with Gasteiger partial charge in [-0.1, -0.05) is 121 Å². The van der Waals surface area contributed by atoms with Gasteiger partial charge in [0.1, 0.15) is 4.83 Å². The van der Waals surface area contributed by atoms with Crippen molar-refractivity contribution in [2.24, 2.45) is 0 Å². The lowest BCUT2D eigenvalue weighted by Gasteiger charge is -2.12. The van der Waals surface area contributed by atoms with Crippen LogP contribution in [-0.4, -0.2) is 23.9 Å². The highest BCUT2D eigenvalue weighted by molar-refractivity contribution is 7.25. The molecule has 0 saturated heterocycles. The molecule has 5 heterocycles.